The van der Waals surface area contributed by atoms with E-state index in [4.69, 9.17) is 18.9 Å². The summed E-state index contributed by atoms with van der Waals surface area (Å²) in [6.45, 7) is 1.53. The number of hydrogen-bond donors (Lipinski definition) is 0. The van der Waals surface area contributed by atoms with Gasteiger partial charge < -0.3 is 28.4 Å². The standard InChI is InChI=1S/C11H14N2O2.C11H12N2O2.C10H11N3O2.C10H11N3O/c2*1-12-7-8-13(11(12)14)9-3-5-10(15-2)6-4-9;1-12-10(14)13(7-11-12)8-3-5-9(15-2)6-4-8;1-13-7-11-10(12-13)8-3-5-9(14-2)6-4-8/h3-6H,7-8H2,1-2H3;3-8H,1-2H3;3-7H,1-2H3;3-7H,1-2H3. The molecule has 0 radical (unpaired) electrons. The first kappa shape index (κ1) is 42.6. The molecule has 0 N–H and O–H groups in total. The molecule has 59 heavy (non-hydrogen) atoms. The van der Waals surface area contributed by atoms with Crippen molar-refractivity contribution in [2.45, 2.75) is 0 Å². The van der Waals surface area contributed by atoms with Crippen molar-refractivity contribution in [2.24, 2.45) is 21.1 Å². The number of aryl methyl sites for hydroxylation is 3. The van der Waals surface area contributed by atoms with Gasteiger partial charge in [-0.05, 0) is 97.1 Å². The van der Waals surface area contributed by atoms with Crippen molar-refractivity contribution in [3.05, 3.63) is 143 Å². The molecule has 0 saturated carbocycles. The van der Waals surface area contributed by atoms with E-state index in [9.17, 15) is 14.4 Å². The Kier molecular flexibility index (Phi) is 14.5. The van der Waals surface area contributed by atoms with E-state index in [1.807, 2.05) is 99.0 Å². The monoisotopic (exact) mass is 804 g/mol. The Hall–Kier alpha value is -7.56. The lowest BCUT2D eigenvalue weighted by molar-refractivity contribution is 0.229. The minimum absolute atomic E-state index is 0.0554. The van der Waals surface area contributed by atoms with Gasteiger partial charge >= 0.3 is 17.4 Å². The number of urea groups is 1. The van der Waals surface area contributed by atoms with Crippen LogP contribution in [0.3, 0.4) is 0 Å². The van der Waals surface area contributed by atoms with Crippen LogP contribution < -0.4 is 35.2 Å². The summed E-state index contributed by atoms with van der Waals surface area (Å²) >= 11 is 0. The molecule has 1 aliphatic heterocycles. The van der Waals surface area contributed by atoms with Gasteiger partial charge in [-0.15, -0.1) is 0 Å². The zero-order valence-electron chi connectivity index (χ0n) is 34.3. The highest BCUT2D eigenvalue weighted by Gasteiger charge is 2.26. The van der Waals surface area contributed by atoms with Gasteiger partial charge in [0.15, 0.2) is 5.82 Å². The minimum Gasteiger partial charge on any atom is -0.497 e. The molecule has 3 aromatic heterocycles. The van der Waals surface area contributed by atoms with Crippen molar-refractivity contribution in [3.8, 4) is 45.8 Å². The maximum atomic E-state index is 11.7. The molecule has 0 unspecified atom stereocenters. The Morgan fingerprint density at radius 3 is 1.37 bits per heavy atom. The van der Waals surface area contributed by atoms with E-state index in [-0.39, 0.29) is 17.4 Å². The fourth-order valence-electron chi connectivity index (χ4n) is 5.57. The van der Waals surface area contributed by atoms with Gasteiger partial charge in [-0.2, -0.15) is 10.2 Å². The molecule has 4 heterocycles. The smallest absolute Gasteiger partial charge is 0.350 e. The Morgan fingerprint density at radius 2 is 1.00 bits per heavy atom. The third-order valence-corrected chi connectivity index (χ3v) is 9.02. The lowest BCUT2D eigenvalue weighted by Crippen LogP contribution is -2.28. The third kappa shape index (κ3) is 10.9. The summed E-state index contributed by atoms with van der Waals surface area (Å²) in [7, 11) is 13.5. The molecule has 17 heteroatoms. The first-order valence-electron chi connectivity index (χ1n) is 18.3. The Morgan fingerprint density at radius 1 is 0.525 bits per heavy atom. The highest BCUT2D eigenvalue weighted by atomic mass is 16.5. The highest BCUT2D eigenvalue weighted by Crippen LogP contribution is 2.23. The summed E-state index contributed by atoms with van der Waals surface area (Å²) in [4.78, 5) is 42.5. The molecule has 4 aromatic carbocycles. The largest absolute Gasteiger partial charge is 0.497 e. The average Bonchev–Trinajstić information content (AvgIpc) is 4.05. The third-order valence-electron chi connectivity index (χ3n) is 9.02. The van der Waals surface area contributed by atoms with Crippen molar-refractivity contribution in [2.75, 3.05) is 53.5 Å². The number of rotatable bonds is 8. The fourth-order valence-corrected chi connectivity index (χ4v) is 5.57. The van der Waals surface area contributed by atoms with Gasteiger partial charge in [0.1, 0.15) is 35.7 Å². The van der Waals surface area contributed by atoms with E-state index in [2.05, 4.69) is 15.2 Å². The van der Waals surface area contributed by atoms with Crippen LogP contribution in [0.4, 0.5) is 10.5 Å². The van der Waals surface area contributed by atoms with Crippen LogP contribution in [0.2, 0.25) is 0 Å². The number of benzene rings is 4. The molecule has 308 valence electrons. The number of nitrogens with zero attached hydrogens (tertiary/aromatic N) is 10. The number of anilines is 1. The van der Waals surface area contributed by atoms with Crippen LogP contribution in [0.15, 0.2) is 132 Å². The summed E-state index contributed by atoms with van der Waals surface area (Å²) in [6.07, 6.45) is 6.64. The molecule has 2 amide bonds. The number of amides is 2. The molecule has 0 spiro atoms. The highest BCUT2D eigenvalue weighted by molar-refractivity contribution is 5.93. The Balaban J connectivity index is 0.000000150. The van der Waals surface area contributed by atoms with Crippen LogP contribution in [-0.2, 0) is 21.1 Å². The summed E-state index contributed by atoms with van der Waals surface area (Å²) in [5, 5.41) is 8.07. The number of aromatic nitrogens is 8. The number of likely N-dealkylation sites (N-methyl/N-ethyl adjacent to an activating group) is 1. The molecule has 0 atom stereocenters. The van der Waals surface area contributed by atoms with Crippen LogP contribution in [0.5, 0.6) is 23.0 Å². The van der Waals surface area contributed by atoms with Crippen molar-refractivity contribution in [3.63, 3.8) is 0 Å². The Bertz CT molecular complexity index is 2400. The Labute approximate surface area is 341 Å². The molecular weight excluding hydrogens is 757 g/mol. The molecule has 1 saturated heterocycles. The molecule has 0 aliphatic carbocycles. The van der Waals surface area contributed by atoms with Crippen molar-refractivity contribution < 1.29 is 23.7 Å². The van der Waals surface area contributed by atoms with Gasteiger partial charge in [0.25, 0.3) is 0 Å². The normalized spacial score (nSPS) is 11.7. The average molecular weight is 805 g/mol. The number of carbonyl (C=O) groups is 1. The second-order valence-corrected chi connectivity index (χ2v) is 12.9. The van der Waals surface area contributed by atoms with E-state index in [0.29, 0.717) is 0 Å². The van der Waals surface area contributed by atoms with Crippen molar-refractivity contribution in [1.29, 1.82) is 0 Å². The number of ether oxygens (including phenoxy) is 4. The summed E-state index contributed by atoms with van der Waals surface area (Å²) < 4.78 is 27.8. The maximum absolute atomic E-state index is 11.7. The van der Waals surface area contributed by atoms with E-state index in [1.54, 1.807) is 92.4 Å². The van der Waals surface area contributed by atoms with Gasteiger partial charge in [-0.1, -0.05) is 0 Å². The van der Waals surface area contributed by atoms with Gasteiger partial charge in [0.05, 0.1) is 39.8 Å². The van der Waals surface area contributed by atoms with E-state index >= 15 is 0 Å². The zero-order valence-corrected chi connectivity index (χ0v) is 34.3. The number of methoxy groups -OCH3 is 4. The second kappa shape index (κ2) is 20.0. The van der Waals surface area contributed by atoms with Crippen LogP contribution in [0, 0.1) is 0 Å². The first-order valence-corrected chi connectivity index (χ1v) is 18.3. The van der Waals surface area contributed by atoms with Crippen molar-refractivity contribution >= 4 is 11.7 Å². The van der Waals surface area contributed by atoms with Crippen LogP contribution in [0.25, 0.3) is 22.8 Å². The van der Waals surface area contributed by atoms with Crippen LogP contribution in [-0.4, -0.2) is 97.8 Å². The SMILES string of the molecule is COc1ccc(-c2ncn(C)n2)cc1.COc1ccc(-n2ccn(C)c2=O)cc1.COc1ccc(-n2cnn(C)c2=O)cc1.COc1ccc(N2CCN(C)C2=O)cc1. The lowest BCUT2D eigenvalue weighted by atomic mass is 10.2. The van der Waals surface area contributed by atoms with Crippen LogP contribution in [0.1, 0.15) is 0 Å². The topological polar surface area (TPSA) is 158 Å². The molecule has 1 fully saturated rings. The van der Waals surface area contributed by atoms with Crippen molar-refractivity contribution in [1.82, 2.24) is 43.1 Å². The minimum atomic E-state index is -0.167. The second-order valence-electron chi connectivity index (χ2n) is 12.9. The zero-order chi connectivity index (χ0) is 42.5. The molecular formula is C42H48N10O7. The first-order chi connectivity index (χ1) is 28.5. The predicted octanol–water partition coefficient (Wildman–Crippen LogP) is 4.82. The maximum Gasteiger partial charge on any atom is 0.350 e. The van der Waals surface area contributed by atoms with Crippen LogP contribution >= 0.6 is 0 Å². The fraction of sp³-hybridized carbons (Fsp3) is 0.238. The van der Waals surface area contributed by atoms with Gasteiger partial charge in [-0.3, -0.25) is 14.1 Å². The van der Waals surface area contributed by atoms with E-state index in [1.165, 1.54) is 20.1 Å². The number of carbonyl (C=O) groups excluding carboxylic acids is 1. The predicted molar refractivity (Wildman–Crippen MR) is 224 cm³/mol. The van der Waals surface area contributed by atoms with E-state index < -0.39 is 0 Å². The number of imidazole rings is 1. The quantitative estimate of drug-likeness (QED) is 0.209. The lowest BCUT2D eigenvalue weighted by Gasteiger charge is -2.16. The molecule has 17 nitrogen and oxygen atoms in total. The molecule has 1 aliphatic rings. The summed E-state index contributed by atoms with van der Waals surface area (Å²) in [5.74, 6) is 3.91. The molecule has 8 rings (SSSR count). The van der Waals surface area contributed by atoms with Gasteiger partial charge in [0, 0.05) is 64.9 Å². The number of hydrogen-bond acceptors (Lipinski definition) is 10. The molecule has 7 aromatic rings. The van der Waals surface area contributed by atoms with Gasteiger partial charge in [-0.25, -0.2) is 28.6 Å². The summed E-state index contributed by atoms with van der Waals surface area (Å²) in [5.41, 5.74) is 3.30. The summed E-state index contributed by atoms with van der Waals surface area (Å²) in [6, 6.07) is 29.8. The molecule has 0 bridgehead atoms. The van der Waals surface area contributed by atoms with E-state index in [0.717, 1.165) is 64.5 Å². The van der Waals surface area contributed by atoms with Gasteiger partial charge in [0.2, 0.25) is 0 Å².